The molecule has 3 heteroatoms. The lowest BCUT2D eigenvalue weighted by Crippen LogP contribution is -2.36. The molecule has 0 bridgehead atoms. The molecule has 0 aromatic heterocycles. The lowest BCUT2D eigenvalue weighted by molar-refractivity contribution is 0.431. The largest absolute Gasteiger partial charge is 0.457 e. The van der Waals surface area contributed by atoms with Gasteiger partial charge >= 0.3 is 0 Å². The van der Waals surface area contributed by atoms with E-state index in [0.29, 0.717) is 0 Å². The summed E-state index contributed by atoms with van der Waals surface area (Å²) in [4.78, 5) is 4.96. The van der Waals surface area contributed by atoms with Crippen LogP contribution in [0.5, 0.6) is 11.5 Å². The minimum absolute atomic E-state index is 0.590. The third kappa shape index (κ3) is 4.62. The maximum atomic E-state index is 6.67. The van der Waals surface area contributed by atoms with E-state index >= 15 is 0 Å². The van der Waals surface area contributed by atoms with Crippen LogP contribution in [-0.2, 0) is 5.41 Å². The molecule has 11 rings (SSSR count). The zero-order chi connectivity index (χ0) is 35.6. The van der Waals surface area contributed by atoms with Crippen LogP contribution in [0.4, 0.5) is 17.1 Å². The molecule has 2 heterocycles. The molecule has 2 aliphatic heterocycles. The number of anilines is 3. The molecule has 0 amide bonds. The van der Waals surface area contributed by atoms with Gasteiger partial charge in [0.1, 0.15) is 11.5 Å². The third-order valence-corrected chi connectivity index (χ3v) is 12.3. The number of nitrogens with zero attached hydrogens (tertiary/aromatic N) is 1. The predicted octanol–water partition coefficient (Wildman–Crippen LogP) is 14.1. The standard InChI is InChI=1S/C51H33NOS/c1-2-14-34(15-3-1)35-26-28-37(29-27-35)52(46-32-36-16-4-5-17-39(36)40-18-6-7-19-41(40)46)38-30-31-50-45(33-38)51(44-22-10-13-25-49(44)54-50)42-20-8-11-23-47(42)53-48-24-12-9-21-43(48)51/h1-33H. The molecule has 0 unspecified atom stereocenters. The Morgan fingerprint density at radius 2 is 0.944 bits per heavy atom. The minimum atomic E-state index is -0.590. The van der Waals surface area contributed by atoms with Crippen LogP contribution in [0, 0.1) is 0 Å². The maximum Gasteiger partial charge on any atom is 0.132 e. The molecule has 2 nitrogen and oxygen atoms in total. The van der Waals surface area contributed by atoms with Crippen molar-refractivity contribution in [2.24, 2.45) is 0 Å². The van der Waals surface area contributed by atoms with E-state index in [4.69, 9.17) is 4.74 Å². The highest BCUT2D eigenvalue weighted by atomic mass is 32.2. The van der Waals surface area contributed by atoms with Crippen molar-refractivity contribution in [1.82, 2.24) is 0 Å². The Kier molecular flexibility index (Phi) is 7.05. The first kappa shape index (κ1) is 31.0. The molecular weight excluding hydrogens is 675 g/mol. The molecule has 0 fully saturated rings. The van der Waals surface area contributed by atoms with Gasteiger partial charge in [0.2, 0.25) is 0 Å². The molecular formula is C51H33NOS. The topological polar surface area (TPSA) is 12.5 Å². The second-order valence-corrected chi connectivity index (χ2v) is 15.1. The smallest absolute Gasteiger partial charge is 0.132 e. The van der Waals surface area contributed by atoms with Crippen molar-refractivity contribution in [2.75, 3.05) is 4.90 Å². The number of ether oxygens (including phenoxy) is 1. The van der Waals surface area contributed by atoms with Crippen LogP contribution < -0.4 is 9.64 Å². The third-order valence-electron chi connectivity index (χ3n) is 11.2. The first-order valence-corrected chi connectivity index (χ1v) is 19.2. The van der Waals surface area contributed by atoms with Crippen molar-refractivity contribution in [3.05, 3.63) is 222 Å². The second kappa shape index (κ2) is 12.3. The fourth-order valence-corrected chi connectivity index (χ4v) is 10.00. The molecule has 0 atom stereocenters. The molecule has 0 aliphatic carbocycles. The summed E-state index contributed by atoms with van der Waals surface area (Å²) in [5, 5.41) is 4.91. The molecule has 2 aliphatic rings. The maximum absolute atomic E-state index is 6.67. The fourth-order valence-electron chi connectivity index (χ4n) is 8.82. The molecule has 0 saturated heterocycles. The summed E-state index contributed by atoms with van der Waals surface area (Å²) in [6, 6.07) is 72.7. The van der Waals surface area contributed by atoms with Crippen LogP contribution in [-0.4, -0.2) is 0 Å². The Balaban J connectivity index is 1.21. The van der Waals surface area contributed by atoms with Crippen LogP contribution in [0.2, 0.25) is 0 Å². The Bertz CT molecular complexity index is 2790. The van der Waals surface area contributed by atoms with E-state index in [2.05, 4.69) is 205 Å². The second-order valence-electron chi connectivity index (χ2n) is 14.0. The zero-order valence-electron chi connectivity index (χ0n) is 29.3. The zero-order valence-corrected chi connectivity index (χ0v) is 30.1. The van der Waals surface area contributed by atoms with Gasteiger partial charge in [-0.05, 0) is 93.0 Å². The molecule has 9 aromatic rings. The highest BCUT2D eigenvalue weighted by Gasteiger charge is 2.49. The van der Waals surface area contributed by atoms with Crippen LogP contribution in [0.1, 0.15) is 22.3 Å². The first-order valence-electron chi connectivity index (χ1n) is 18.4. The molecule has 254 valence electrons. The van der Waals surface area contributed by atoms with Crippen LogP contribution in [0.25, 0.3) is 32.7 Å². The van der Waals surface area contributed by atoms with E-state index < -0.39 is 5.41 Å². The number of hydrogen-bond acceptors (Lipinski definition) is 3. The first-order chi connectivity index (χ1) is 26.8. The van der Waals surface area contributed by atoms with Crippen LogP contribution in [0.3, 0.4) is 0 Å². The van der Waals surface area contributed by atoms with E-state index in [9.17, 15) is 0 Å². The van der Waals surface area contributed by atoms with Crippen molar-refractivity contribution in [1.29, 1.82) is 0 Å². The lowest BCUT2D eigenvalue weighted by Gasteiger charge is -2.45. The summed E-state index contributed by atoms with van der Waals surface area (Å²) in [5.74, 6) is 1.78. The van der Waals surface area contributed by atoms with E-state index in [1.165, 1.54) is 53.6 Å². The van der Waals surface area contributed by atoms with Gasteiger partial charge in [-0.3, -0.25) is 0 Å². The molecule has 9 aromatic carbocycles. The minimum Gasteiger partial charge on any atom is -0.457 e. The molecule has 1 spiro atoms. The van der Waals surface area contributed by atoms with Gasteiger partial charge in [-0.1, -0.05) is 157 Å². The molecule has 0 N–H and O–H groups in total. The predicted molar refractivity (Wildman–Crippen MR) is 224 cm³/mol. The molecule has 0 saturated carbocycles. The van der Waals surface area contributed by atoms with Crippen molar-refractivity contribution >= 4 is 50.4 Å². The number of benzene rings is 9. The molecule has 54 heavy (non-hydrogen) atoms. The highest BCUT2D eigenvalue weighted by Crippen LogP contribution is 2.62. The summed E-state index contributed by atoms with van der Waals surface area (Å²) >= 11 is 1.86. The lowest BCUT2D eigenvalue weighted by atomic mass is 9.63. The van der Waals surface area contributed by atoms with Crippen molar-refractivity contribution in [3.8, 4) is 22.6 Å². The normalized spacial score (nSPS) is 13.4. The van der Waals surface area contributed by atoms with Crippen molar-refractivity contribution in [3.63, 3.8) is 0 Å². The summed E-state index contributed by atoms with van der Waals surface area (Å²) < 4.78 is 6.67. The number of fused-ring (bicyclic) bond motifs is 11. The Labute approximate surface area is 318 Å². The van der Waals surface area contributed by atoms with Gasteiger partial charge in [0, 0.05) is 37.7 Å². The van der Waals surface area contributed by atoms with Crippen LogP contribution in [0.15, 0.2) is 210 Å². The summed E-state index contributed by atoms with van der Waals surface area (Å²) in [6.07, 6.45) is 0. The summed E-state index contributed by atoms with van der Waals surface area (Å²) in [5.41, 5.74) is 9.98. The fraction of sp³-hybridized carbons (Fsp3) is 0.0196. The van der Waals surface area contributed by atoms with Gasteiger partial charge in [-0.15, -0.1) is 0 Å². The van der Waals surface area contributed by atoms with E-state index in [1.807, 2.05) is 11.8 Å². The SMILES string of the molecule is c1ccc(-c2ccc(N(c3ccc4c(c3)C3(c5ccccc5Oc5ccccc53)c3ccccc3S4)c3cc4ccccc4c4ccccc34)cc2)cc1. The van der Waals surface area contributed by atoms with Gasteiger partial charge in [0.15, 0.2) is 0 Å². The van der Waals surface area contributed by atoms with E-state index in [-0.39, 0.29) is 0 Å². The summed E-state index contributed by atoms with van der Waals surface area (Å²) in [6.45, 7) is 0. The van der Waals surface area contributed by atoms with Gasteiger partial charge in [-0.2, -0.15) is 0 Å². The van der Waals surface area contributed by atoms with E-state index in [0.717, 1.165) is 39.7 Å². The number of hydrogen-bond donors (Lipinski definition) is 0. The average Bonchev–Trinajstić information content (AvgIpc) is 3.24. The quantitative estimate of drug-likeness (QED) is 0.169. The summed E-state index contributed by atoms with van der Waals surface area (Å²) in [7, 11) is 0. The van der Waals surface area contributed by atoms with Crippen molar-refractivity contribution in [2.45, 2.75) is 15.2 Å². The number of rotatable bonds is 4. The van der Waals surface area contributed by atoms with Crippen molar-refractivity contribution < 1.29 is 4.74 Å². The number of para-hydroxylation sites is 2. The van der Waals surface area contributed by atoms with Gasteiger partial charge in [0.05, 0.1) is 11.1 Å². The van der Waals surface area contributed by atoms with Gasteiger partial charge in [0.25, 0.3) is 0 Å². The monoisotopic (exact) mass is 707 g/mol. The Morgan fingerprint density at radius 3 is 1.70 bits per heavy atom. The van der Waals surface area contributed by atoms with Gasteiger partial charge < -0.3 is 9.64 Å². The highest BCUT2D eigenvalue weighted by molar-refractivity contribution is 7.99. The van der Waals surface area contributed by atoms with Crippen LogP contribution >= 0.6 is 11.8 Å². The van der Waals surface area contributed by atoms with Gasteiger partial charge in [-0.25, -0.2) is 0 Å². The Hall–Kier alpha value is -6.55. The Morgan fingerprint density at radius 1 is 0.389 bits per heavy atom. The molecule has 0 radical (unpaired) electrons. The average molecular weight is 708 g/mol. The van der Waals surface area contributed by atoms with E-state index in [1.54, 1.807) is 0 Å².